The van der Waals surface area contributed by atoms with Crippen LogP contribution in [-0.2, 0) is 9.59 Å². The van der Waals surface area contributed by atoms with E-state index < -0.39 is 5.97 Å². The number of nitrogens with one attached hydrogen (secondary N) is 1. The molecule has 2 N–H and O–H groups in total. The number of thioether (sulfide) groups is 1. The van der Waals surface area contributed by atoms with Crippen LogP contribution in [0.25, 0.3) is 0 Å². The van der Waals surface area contributed by atoms with Gasteiger partial charge in [0.2, 0.25) is 5.91 Å². The van der Waals surface area contributed by atoms with E-state index in [1.807, 2.05) is 18.7 Å². The van der Waals surface area contributed by atoms with E-state index in [2.05, 4.69) is 5.32 Å². The summed E-state index contributed by atoms with van der Waals surface area (Å²) in [5.74, 6) is 2.18. The van der Waals surface area contributed by atoms with Crippen LogP contribution in [0.1, 0.15) is 39.0 Å². The van der Waals surface area contributed by atoms with Crippen molar-refractivity contribution in [3.8, 4) is 0 Å². The van der Waals surface area contributed by atoms with Crippen molar-refractivity contribution in [1.29, 1.82) is 0 Å². The van der Waals surface area contributed by atoms with Crippen LogP contribution in [0.3, 0.4) is 0 Å². The van der Waals surface area contributed by atoms with Gasteiger partial charge in [0.25, 0.3) is 0 Å². The first-order chi connectivity index (χ1) is 8.61. The molecular formula is C13H23NO3S. The van der Waals surface area contributed by atoms with Crippen molar-refractivity contribution in [2.24, 2.45) is 11.8 Å². The number of aliphatic carboxylic acids is 1. The minimum Gasteiger partial charge on any atom is -0.481 e. The Balaban J connectivity index is 2.20. The summed E-state index contributed by atoms with van der Waals surface area (Å²) >= 11 is 1.96. The largest absolute Gasteiger partial charge is 0.481 e. The molecule has 0 bridgehead atoms. The monoisotopic (exact) mass is 273 g/mol. The zero-order valence-electron chi connectivity index (χ0n) is 11.0. The highest BCUT2D eigenvalue weighted by molar-refractivity contribution is 7.99. The minimum absolute atomic E-state index is 0.0494. The zero-order valence-corrected chi connectivity index (χ0v) is 11.8. The minimum atomic E-state index is -0.791. The molecular weight excluding hydrogens is 250 g/mol. The maximum absolute atomic E-state index is 11.8. The van der Waals surface area contributed by atoms with E-state index in [-0.39, 0.29) is 18.2 Å². The van der Waals surface area contributed by atoms with E-state index in [1.165, 1.54) is 0 Å². The molecule has 1 heterocycles. The summed E-state index contributed by atoms with van der Waals surface area (Å²) in [4.78, 5) is 22.4. The molecule has 1 atom stereocenters. The quantitative estimate of drug-likeness (QED) is 0.746. The van der Waals surface area contributed by atoms with E-state index in [9.17, 15) is 9.59 Å². The molecule has 0 aromatic carbocycles. The third kappa shape index (κ3) is 6.28. The fraction of sp³-hybridized carbons (Fsp3) is 0.846. The van der Waals surface area contributed by atoms with Gasteiger partial charge in [0.1, 0.15) is 0 Å². The number of carboxylic acid groups (broad SMARTS) is 1. The molecule has 0 radical (unpaired) electrons. The summed E-state index contributed by atoms with van der Waals surface area (Å²) in [6.07, 6.45) is 3.78. The average molecular weight is 273 g/mol. The Kier molecular flexibility index (Phi) is 7.16. The maximum Gasteiger partial charge on any atom is 0.303 e. The highest BCUT2D eigenvalue weighted by Crippen LogP contribution is 2.25. The number of rotatable bonds is 7. The standard InChI is InChI=1S/C13H23NO3S/c1-2-10(8-13(16)17)9-14-12(15)7-11-3-5-18-6-4-11/h10-11H,2-9H2,1H3,(H,14,15)(H,16,17). The van der Waals surface area contributed by atoms with Gasteiger partial charge in [0.05, 0.1) is 0 Å². The smallest absolute Gasteiger partial charge is 0.303 e. The van der Waals surface area contributed by atoms with Gasteiger partial charge in [-0.15, -0.1) is 0 Å². The van der Waals surface area contributed by atoms with Gasteiger partial charge < -0.3 is 10.4 Å². The summed E-state index contributed by atoms with van der Waals surface area (Å²) in [6, 6.07) is 0. The Morgan fingerprint density at radius 1 is 1.39 bits per heavy atom. The second-order valence-electron chi connectivity index (χ2n) is 4.94. The van der Waals surface area contributed by atoms with Crippen LogP contribution in [0, 0.1) is 11.8 Å². The topological polar surface area (TPSA) is 66.4 Å². The molecule has 1 aliphatic heterocycles. The Morgan fingerprint density at radius 2 is 2.06 bits per heavy atom. The molecule has 0 saturated carbocycles. The van der Waals surface area contributed by atoms with E-state index in [1.54, 1.807) is 0 Å². The summed E-state index contributed by atoms with van der Waals surface area (Å²) < 4.78 is 0. The number of amides is 1. The second-order valence-corrected chi connectivity index (χ2v) is 6.16. The molecule has 1 aliphatic rings. The van der Waals surface area contributed by atoms with Crippen molar-refractivity contribution in [3.63, 3.8) is 0 Å². The number of hydrogen-bond acceptors (Lipinski definition) is 3. The molecule has 1 rings (SSSR count). The first kappa shape index (κ1) is 15.3. The Bertz CT molecular complexity index is 277. The van der Waals surface area contributed by atoms with E-state index >= 15 is 0 Å². The van der Waals surface area contributed by atoms with Crippen LogP contribution < -0.4 is 5.32 Å². The molecule has 1 saturated heterocycles. The molecule has 1 fully saturated rings. The van der Waals surface area contributed by atoms with Gasteiger partial charge in [-0.25, -0.2) is 0 Å². The lowest BCUT2D eigenvalue weighted by Gasteiger charge is -2.21. The molecule has 5 heteroatoms. The highest BCUT2D eigenvalue weighted by Gasteiger charge is 2.18. The van der Waals surface area contributed by atoms with Crippen LogP contribution >= 0.6 is 11.8 Å². The molecule has 104 valence electrons. The number of carbonyl (C=O) groups excluding carboxylic acids is 1. The predicted molar refractivity (Wildman–Crippen MR) is 73.7 cm³/mol. The lowest BCUT2D eigenvalue weighted by molar-refractivity contribution is -0.138. The summed E-state index contributed by atoms with van der Waals surface area (Å²) in [5.41, 5.74) is 0. The fourth-order valence-electron chi connectivity index (χ4n) is 2.15. The molecule has 18 heavy (non-hydrogen) atoms. The van der Waals surface area contributed by atoms with Gasteiger partial charge in [-0.05, 0) is 36.2 Å². The van der Waals surface area contributed by atoms with Gasteiger partial charge in [-0.2, -0.15) is 11.8 Å². The summed E-state index contributed by atoms with van der Waals surface area (Å²) in [6.45, 7) is 2.45. The number of carboxylic acids is 1. The van der Waals surface area contributed by atoms with Crippen LogP contribution in [0.2, 0.25) is 0 Å². The normalized spacial score (nSPS) is 18.3. The summed E-state index contributed by atoms with van der Waals surface area (Å²) in [5, 5.41) is 11.6. The van der Waals surface area contributed by atoms with Crippen LogP contribution in [0.4, 0.5) is 0 Å². The van der Waals surface area contributed by atoms with Gasteiger partial charge in [0.15, 0.2) is 0 Å². The first-order valence-corrected chi connectivity index (χ1v) is 7.83. The SMILES string of the molecule is CCC(CNC(=O)CC1CCSCC1)CC(=O)O. The van der Waals surface area contributed by atoms with Crippen molar-refractivity contribution in [2.45, 2.75) is 39.0 Å². The lowest BCUT2D eigenvalue weighted by atomic mass is 9.98. The molecule has 0 aromatic rings. The Hall–Kier alpha value is -0.710. The van der Waals surface area contributed by atoms with E-state index in [0.29, 0.717) is 18.9 Å². The van der Waals surface area contributed by atoms with Crippen molar-refractivity contribution in [3.05, 3.63) is 0 Å². The number of carbonyl (C=O) groups is 2. The molecule has 4 nitrogen and oxygen atoms in total. The van der Waals surface area contributed by atoms with Gasteiger partial charge >= 0.3 is 5.97 Å². The van der Waals surface area contributed by atoms with Crippen molar-refractivity contribution >= 4 is 23.6 Å². The predicted octanol–water partition coefficient (Wildman–Crippen LogP) is 2.14. The van der Waals surface area contributed by atoms with Gasteiger partial charge in [0, 0.05) is 19.4 Å². The van der Waals surface area contributed by atoms with Crippen LogP contribution in [0.5, 0.6) is 0 Å². The van der Waals surface area contributed by atoms with Gasteiger partial charge in [-0.3, -0.25) is 9.59 Å². The first-order valence-electron chi connectivity index (χ1n) is 6.68. The van der Waals surface area contributed by atoms with Crippen molar-refractivity contribution in [2.75, 3.05) is 18.1 Å². The van der Waals surface area contributed by atoms with Crippen LogP contribution in [-0.4, -0.2) is 35.0 Å². The van der Waals surface area contributed by atoms with E-state index in [4.69, 9.17) is 5.11 Å². The molecule has 1 unspecified atom stereocenters. The van der Waals surface area contributed by atoms with Gasteiger partial charge in [-0.1, -0.05) is 13.3 Å². The van der Waals surface area contributed by atoms with E-state index in [0.717, 1.165) is 30.8 Å². The highest BCUT2D eigenvalue weighted by atomic mass is 32.2. The molecule has 0 aliphatic carbocycles. The fourth-order valence-corrected chi connectivity index (χ4v) is 3.35. The molecule has 1 amide bonds. The third-order valence-corrected chi connectivity index (χ3v) is 4.49. The zero-order chi connectivity index (χ0) is 13.4. The third-order valence-electron chi connectivity index (χ3n) is 3.44. The molecule has 0 spiro atoms. The number of hydrogen-bond donors (Lipinski definition) is 2. The Morgan fingerprint density at radius 3 is 2.61 bits per heavy atom. The van der Waals surface area contributed by atoms with Crippen molar-refractivity contribution < 1.29 is 14.7 Å². The Labute approximate surface area is 113 Å². The maximum atomic E-state index is 11.8. The lowest BCUT2D eigenvalue weighted by Crippen LogP contribution is -2.32. The average Bonchev–Trinajstić information content (AvgIpc) is 2.35. The van der Waals surface area contributed by atoms with Crippen LogP contribution in [0.15, 0.2) is 0 Å². The summed E-state index contributed by atoms with van der Waals surface area (Å²) in [7, 11) is 0. The van der Waals surface area contributed by atoms with Crippen molar-refractivity contribution in [1.82, 2.24) is 5.32 Å². The second kappa shape index (κ2) is 8.40. The molecule has 0 aromatic heterocycles.